The summed E-state index contributed by atoms with van der Waals surface area (Å²) < 4.78 is 1.72. The quantitative estimate of drug-likeness (QED) is 0.443. The van der Waals surface area contributed by atoms with Gasteiger partial charge in [0.15, 0.2) is 5.82 Å². The van der Waals surface area contributed by atoms with E-state index in [-0.39, 0.29) is 5.91 Å². The second kappa shape index (κ2) is 10.0. The molecule has 0 saturated carbocycles. The zero-order valence-electron chi connectivity index (χ0n) is 16.1. The average molecular weight is 397 g/mol. The fourth-order valence-corrected chi connectivity index (χ4v) is 3.64. The molecule has 1 aromatic heterocycles. The van der Waals surface area contributed by atoms with Crippen molar-refractivity contribution in [2.45, 2.75) is 17.1 Å². The van der Waals surface area contributed by atoms with Gasteiger partial charge in [-0.15, -0.1) is 16.9 Å². The third-order valence-electron chi connectivity index (χ3n) is 4.09. The van der Waals surface area contributed by atoms with Crippen molar-refractivity contribution >= 4 is 17.7 Å². The highest BCUT2D eigenvalue weighted by Gasteiger charge is 2.14. The molecule has 0 radical (unpaired) electrons. The summed E-state index contributed by atoms with van der Waals surface area (Å²) in [7, 11) is 4.05. The van der Waals surface area contributed by atoms with Crippen LogP contribution in [0, 0.1) is 0 Å². The minimum atomic E-state index is -0.0514. The van der Waals surface area contributed by atoms with Gasteiger partial charge in [-0.25, -0.2) is 0 Å². The van der Waals surface area contributed by atoms with E-state index in [1.54, 1.807) is 16.4 Å². The molecule has 0 atom stereocenters. The zero-order valence-corrected chi connectivity index (χ0v) is 16.9. The van der Waals surface area contributed by atoms with E-state index in [2.05, 4.69) is 25.7 Å². The van der Waals surface area contributed by atoms with Gasteiger partial charge in [0.1, 0.15) is 0 Å². The van der Waals surface area contributed by atoms with E-state index in [9.17, 15) is 4.79 Å². The first-order valence-corrected chi connectivity index (χ1v) is 10.1. The van der Waals surface area contributed by atoms with Crippen LogP contribution in [0.5, 0.6) is 0 Å². The fraction of sp³-hybridized carbons (Fsp3) is 0.300. The third-order valence-corrected chi connectivity index (χ3v) is 5.16. The summed E-state index contributed by atoms with van der Waals surface area (Å²) in [6.45, 7) is 1.60. The summed E-state index contributed by atoms with van der Waals surface area (Å²) in [6.07, 6.45) is 0.917. The molecule has 2 aromatic carbocycles. The maximum Gasteiger partial charge on any atom is 0.252 e. The van der Waals surface area contributed by atoms with E-state index in [4.69, 9.17) is 0 Å². The Morgan fingerprint density at radius 1 is 1.11 bits per heavy atom. The Balaban J connectivity index is 1.65. The number of hydrogen-bond donors (Lipinski definition) is 1. The molecule has 8 heteroatoms. The van der Waals surface area contributed by atoms with Crippen molar-refractivity contribution in [1.82, 2.24) is 30.4 Å². The molecule has 1 N–H and O–H groups in total. The average Bonchev–Trinajstić information content (AvgIpc) is 3.19. The maximum atomic E-state index is 12.6. The molecule has 0 fully saturated rings. The lowest BCUT2D eigenvalue weighted by atomic mass is 10.2. The van der Waals surface area contributed by atoms with E-state index in [1.165, 1.54) is 0 Å². The highest BCUT2D eigenvalue weighted by Crippen LogP contribution is 2.26. The Morgan fingerprint density at radius 3 is 2.64 bits per heavy atom. The standard InChI is InChI=1S/C20H24N6OS/c1-25(2)14-8-13-21-20(27)17-11-6-7-12-18(17)28-15-19-22-23-24-26(19)16-9-4-3-5-10-16/h3-7,9-12H,8,13-15H2,1-2H3,(H,21,27). The number of thioether (sulfide) groups is 1. The predicted molar refractivity (Wildman–Crippen MR) is 111 cm³/mol. The normalized spacial score (nSPS) is 11.0. The molecular weight excluding hydrogens is 372 g/mol. The highest BCUT2D eigenvalue weighted by molar-refractivity contribution is 7.98. The first-order valence-electron chi connectivity index (χ1n) is 9.12. The van der Waals surface area contributed by atoms with E-state index in [0.717, 1.165) is 29.4 Å². The summed E-state index contributed by atoms with van der Waals surface area (Å²) >= 11 is 1.55. The number of para-hydroxylation sites is 1. The molecule has 28 heavy (non-hydrogen) atoms. The molecule has 0 aliphatic rings. The van der Waals surface area contributed by atoms with E-state index in [1.807, 2.05) is 68.7 Å². The number of amides is 1. The van der Waals surface area contributed by atoms with Crippen molar-refractivity contribution in [3.63, 3.8) is 0 Å². The Kier molecular flexibility index (Phi) is 7.16. The van der Waals surface area contributed by atoms with Crippen molar-refractivity contribution in [3.8, 4) is 5.69 Å². The van der Waals surface area contributed by atoms with Crippen molar-refractivity contribution < 1.29 is 4.79 Å². The first-order chi connectivity index (χ1) is 13.6. The van der Waals surface area contributed by atoms with Crippen LogP contribution < -0.4 is 5.32 Å². The summed E-state index contributed by atoms with van der Waals surface area (Å²) in [6, 6.07) is 17.4. The molecule has 146 valence electrons. The van der Waals surface area contributed by atoms with Crippen molar-refractivity contribution in [1.29, 1.82) is 0 Å². The van der Waals surface area contributed by atoms with Gasteiger partial charge in [0.2, 0.25) is 0 Å². The molecule has 7 nitrogen and oxygen atoms in total. The lowest BCUT2D eigenvalue weighted by molar-refractivity contribution is 0.0949. The van der Waals surface area contributed by atoms with Gasteiger partial charge < -0.3 is 10.2 Å². The smallest absolute Gasteiger partial charge is 0.252 e. The van der Waals surface area contributed by atoms with Crippen LogP contribution in [-0.2, 0) is 5.75 Å². The second-order valence-electron chi connectivity index (χ2n) is 6.54. The van der Waals surface area contributed by atoms with Crippen LogP contribution in [0.15, 0.2) is 59.5 Å². The lowest BCUT2D eigenvalue weighted by Crippen LogP contribution is -2.27. The van der Waals surface area contributed by atoms with Gasteiger partial charge in [-0.2, -0.15) is 4.68 Å². The Bertz CT molecular complexity index is 896. The SMILES string of the molecule is CN(C)CCCNC(=O)c1ccccc1SCc1nnnn1-c1ccccc1. The van der Waals surface area contributed by atoms with Gasteiger partial charge in [-0.3, -0.25) is 4.79 Å². The molecule has 0 aliphatic heterocycles. The zero-order chi connectivity index (χ0) is 19.8. The number of rotatable bonds is 9. The molecule has 0 bridgehead atoms. The van der Waals surface area contributed by atoms with Crippen LogP contribution in [0.2, 0.25) is 0 Å². The van der Waals surface area contributed by atoms with E-state index >= 15 is 0 Å². The summed E-state index contributed by atoms with van der Waals surface area (Å²) in [5.41, 5.74) is 1.59. The second-order valence-corrected chi connectivity index (χ2v) is 7.56. The fourth-order valence-electron chi connectivity index (χ4n) is 2.68. The van der Waals surface area contributed by atoms with Crippen molar-refractivity contribution in [2.24, 2.45) is 0 Å². The largest absolute Gasteiger partial charge is 0.352 e. The molecule has 0 spiro atoms. The number of tetrazole rings is 1. The maximum absolute atomic E-state index is 12.6. The summed E-state index contributed by atoms with van der Waals surface area (Å²) in [5, 5.41) is 15.0. The summed E-state index contributed by atoms with van der Waals surface area (Å²) in [5.74, 6) is 1.24. The van der Waals surface area contributed by atoms with Crippen LogP contribution >= 0.6 is 11.8 Å². The topological polar surface area (TPSA) is 75.9 Å². The molecule has 0 unspecified atom stereocenters. The van der Waals surface area contributed by atoms with Gasteiger partial charge in [0, 0.05) is 11.4 Å². The molecule has 0 saturated heterocycles. The van der Waals surface area contributed by atoms with Gasteiger partial charge in [-0.05, 0) is 61.8 Å². The van der Waals surface area contributed by atoms with Gasteiger partial charge in [0.05, 0.1) is 17.0 Å². The minimum absolute atomic E-state index is 0.0514. The number of nitrogens with zero attached hydrogens (tertiary/aromatic N) is 5. The van der Waals surface area contributed by atoms with Crippen LogP contribution in [0.4, 0.5) is 0 Å². The van der Waals surface area contributed by atoms with Crippen molar-refractivity contribution in [2.75, 3.05) is 27.2 Å². The number of hydrogen-bond acceptors (Lipinski definition) is 6. The number of nitrogens with one attached hydrogen (secondary N) is 1. The van der Waals surface area contributed by atoms with Crippen LogP contribution in [0.1, 0.15) is 22.6 Å². The molecule has 1 amide bonds. The lowest BCUT2D eigenvalue weighted by Gasteiger charge is -2.12. The van der Waals surface area contributed by atoms with Gasteiger partial charge in [-0.1, -0.05) is 30.3 Å². The van der Waals surface area contributed by atoms with E-state index < -0.39 is 0 Å². The molecule has 3 rings (SSSR count). The number of carbonyl (C=O) groups is 1. The van der Waals surface area contributed by atoms with Crippen LogP contribution in [0.3, 0.4) is 0 Å². The van der Waals surface area contributed by atoms with E-state index in [0.29, 0.717) is 17.9 Å². The van der Waals surface area contributed by atoms with Crippen LogP contribution in [-0.4, -0.2) is 58.2 Å². The van der Waals surface area contributed by atoms with Crippen LogP contribution in [0.25, 0.3) is 5.69 Å². The number of aromatic nitrogens is 4. The van der Waals surface area contributed by atoms with Gasteiger partial charge in [0.25, 0.3) is 5.91 Å². The van der Waals surface area contributed by atoms with Gasteiger partial charge >= 0.3 is 0 Å². The monoisotopic (exact) mass is 396 g/mol. The molecular formula is C20H24N6OS. The first kappa shape index (κ1) is 20.0. The Hall–Kier alpha value is -2.71. The highest BCUT2D eigenvalue weighted by atomic mass is 32.2. The minimum Gasteiger partial charge on any atom is -0.352 e. The summed E-state index contributed by atoms with van der Waals surface area (Å²) in [4.78, 5) is 15.6. The third kappa shape index (κ3) is 5.40. The molecule has 3 aromatic rings. The number of carbonyl (C=O) groups excluding carboxylic acids is 1. The molecule has 0 aliphatic carbocycles. The van der Waals surface area contributed by atoms with Crippen molar-refractivity contribution in [3.05, 3.63) is 66.0 Å². The number of benzene rings is 2. The Morgan fingerprint density at radius 2 is 1.86 bits per heavy atom. The molecule has 1 heterocycles. The predicted octanol–water partition coefficient (Wildman–Crippen LogP) is 2.64. The Labute approximate surface area is 169 Å².